The molecule has 0 radical (unpaired) electrons. The van der Waals surface area contributed by atoms with Gasteiger partial charge in [0, 0.05) is 11.9 Å². The van der Waals surface area contributed by atoms with E-state index in [9.17, 15) is 0 Å². The molecule has 0 fully saturated rings. The van der Waals surface area contributed by atoms with Crippen molar-refractivity contribution >= 4 is 35.0 Å². The molecule has 5 heteroatoms. The predicted molar refractivity (Wildman–Crippen MR) is 75.7 cm³/mol. The van der Waals surface area contributed by atoms with Crippen LogP contribution in [0.3, 0.4) is 0 Å². The first kappa shape index (κ1) is 12.9. The van der Waals surface area contributed by atoms with E-state index in [0.717, 1.165) is 22.5 Å². The van der Waals surface area contributed by atoms with Gasteiger partial charge in [-0.1, -0.05) is 18.2 Å². The summed E-state index contributed by atoms with van der Waals surface area (Å²) in [5.74, 6) is 1.21. The van der Waals surface area contributed by atoms with E-state index in [4.69, 9.17) is 11.6 Å². The van der Waals surface area contributed by atoms with E-state index in [1.807, 2.05) is 36.4 Å². The Morgan fingerprint density at radius 3 is 2.61 bits per heavy atom. The number of aromatic nitrogens is 3. The van der Waals surface area contributed by atoms with E-state index >= 15 is 0 Å². The van der Waals surface area contributed by atoms with Gasteiger partial charge >= 0.3 is 0 Å². The third kappa shape index (κ3) is 2.07. The molecule has 3 aromatic rings. The van der Waals surface area contributed by atoms with Crippen LogP contribution in [0.25, 0.3) is 16.7 Å². The zero-order valence-electron chi connectivity index (χ0n) is 9.45. The van der Waals surface area contributed by atoms with Crippen LogP contribution in [0.15, 0.2) is 48.8 Å². The lowest BCUT2D eigenvalue weighted by molar-refractivity contribution is 0.982. The summed E-state index contributed by atoms with van der Waals surface area (Å²) in [5, 5.41) is 0. The molecule has 0 N–H and O–H groups in total. The van der Waals surface area contributed by atoms with Crippen molar-refractivity contribution in [3.05, 3.63) is 54.6 Å². The van der Waals surface area contributed by atoms with Crippen LogP contribution in [0.1, 0.15) is 5.82 Å². The van der Waals surface area contributed by atoms with Crippen LogP contribution in [0.4, 0.5) is 0 Å². The number of nitrogens with zero attached hydrogens (tertiary/aromatic N) is 3. The fourth-order valence-corrected chi connectivity index (χ4v) is 2.12. The molecule has 3 rings (SSSR count). The van der Waals surface area contributed by atoms with E-state index in [1.165, 1.54) is 0 Å². The van der Waals surface area contributed by atoms with Crippen LogP contribution >= 0.6 is 24.0 Å². The number of imidazole rings is 1. The maximum absolute atomic E-state index is 5.95. The molecule has 0 spiro atoms. The molecule has 0 aliphatic rings. The summed E-state index contributed by atoms with van der Waals surface area (Å²) >= 11 is 5.95. The number of hydrogen-bond acceptors (Lipinski definition) is 2. The second-order valence-corrected chi connectivity index (χ2v) is 3.96. The fraction of sp³-hybridized carbons (Fsp3) is 0.0769. The van der Waals surface area contributed by atoms with Gasteiger partial charge in [0.15, 0.2) is 0 Å². The Kier molecular flexibility index (Phi) is 3.84. The van der Waals surface area contributed by atoms with Crippen LogP contribution in [-0.2, 0) is 5.88 Å². The highest BCUT2D eigenvalue weighted by atomic mass is 35.5. The maximum Gasteiger partial charge on any atom is 0.129 e. The van der Waals surface area contributed by atoms with Gasteiger partial charge in [-0.25, -0.2) is 4.98 Å². The van der Waals surface area contributed by atoms with Crippen LogP contribution in [0.5, 0.6) is 0 Å². The molecule has 0 amide bonds. The number of rotatable bonds is 2. The minimum atomic E-state index is 0. The predicted octanol–water partition coefficient (Wildman–Crippen LogP) is 3.58. The number of pyridine rings is 1. The van der Waals surface area contributed by atoms with Crippen molar-refractivity contribution in [3.8, 4) is 5.69 Å². The van der Waals surface area contributed by atoms with Crippen LogP contribution < -0.4 is 0 Å². The monoisotopic (exact) mass is 279 g/mol. The lowest BCUT2D eigenvalue weighted by atomic mass is 10.3. The van der Waals surface area contributed by atoms with Gasteiger partial charge in [-0.05, 0) is 18.2 Å². The molecule has 0 saturated carbocycles. The molecule has 0 aliphatic carbocycles. The van der Waals surface area contributed by atoms with Crippen molar-refractivity contribution < 1.29 is 0 Å². The van der Waals surface area contributed by atoms with Gasteiger partial charge in [0.05, 0.1) is 17.6 Å². The molecular formula is C13H11Cl2N3. The highest BCUT2D eigenvalue weighted by molar-refractivity contribution is 6.17. The fourth-order valence-electron chi connectivity index (χ4n) is 1.94. The largest absolute Gasteiger partial charge is 0.295 e. The maximum atomic E-state index is 5.95. The molecule has 3 nitrogen and oxygen atoms in total. The third-order valence-corrected chi connectivity index (χ3v) is 2.90. The normalized spacial score (nSPS) is 10.3. The average Bonchev–Trinajstić information content (AvgIpc) is 2.78. The standard InChI is InChI=1S/C13H10ClN3.ClH/c14-8-13-16-11-9-15-7-6-12(11)17(13)10-4-2-1-3-5-10;/h1-7,9H,8H2;1H. The van der Waals surface area contributed by atoms with Crippen molar-refractivity contribution in [1.29, 1.82) is 0 Å². The minimum Gasteiger partial charge on any atom is -0.295 e. The minimum absolute atomic E-state index is 0. The highest BCUT2D eigenvalue weighted by Crippen LogP contribution is 2.21. The summed E-state index contributed by atoms with van der Waals surface area (Å²) in [4.78, 5) is 8.55. The van der Waals surface area contributed by atoms with Gasteiger partial charge in [-0.15, -0.1) is 24.0 Å². The SMILES string of the molecule is Cl.ClCc1nc2cnccc2n1-c1ccccc1. The van der Waals surface area contributed by atoms with Crippen LogP contribution in [0, 0.1) is 0 Å². The van der Waals surface area contributed by atoms with Gasteiger partial charge < -0.3 is 0 Å². The molecule has 0 bridgehead atoms. The van der Waals surface area contributed by atoms with Crippen LogP contribution in [0.2, 0.25) is 0 Å². The van der Waals surface area contributed by atoms with E-state index in [-0.39, 0.29) is 12.4 Å². The quantitative estimate of drug-likeness (QED) is 0.672. The lowest BCUT2D eigenvalue weighted by Gasteiger charge is -2.06. The number of halogens is 2. The van der Waals surface area contributed by atoms with Crippen molar-refractivity contribution in [1.82, 2.24) is 14.5 Å². The summed E-state index contributed by atoms with van der Waals surface area (Å²) < 4.78 is 2.06. The number of fused-ring (bicyclic) bond motifs is 1. The molecule has 0 saturated heterocycles. The first-order valence-corrected chi connectivity index (χ1v) is 5.86. The topological polar surface area (TPSA) is 30.7 Å². The summed E-state index contributed by atoms with van der Waals surface area (Å²) in [6.45, 7) is 0. The smallest absolute Gasteiger partial charge is 0.129 e. The third-order valence-electron chi connectivity index (χ3n) is 2.66. The second kappa shape index (κ2) is 5.38. The lowest BCUT2D eigenvalue weighted by Crippen LogP contribution is -1.98. The summed E-state index contributed by atoms with van der Waals surface area (Å²) in [5.41, 5.74) is 2.96. The van der Waals surface area contributed by atoms with Crippen LogP contribution in [-0.4, -0.2) is 14.5 Å². The molecule has 2 aromatic heterocycles. The van der Waals surface area contributed by atoms with E-state index < -0.39 is 0 Å². The summed E-state index contributed by atoms with van der Waals surface area (Å²) in [6.07, 6.45) is 3.52. The van der Waals surface area contributed by atoms with Gasteiger partial charge in [0.25, 0.3) is 0 Å². The second-order valence-electron chi connectivity index (χ2n) is 3.70. The van der Waals surface area contributed by atoms with Gasteiger partial charge in [-0.3, -0.25) is 9.55 Å². The van der Waals surface area contributed by atoms with E-state index in [2.05, 4.69) is 14.5 Å². The van der Waals surface area contributed by atoms with Gasteiger partial charge in [-0.2, -0.15) is 0 Å². The first-order chi connectivity index (χ1) is 8.40. The Bertz CT molecular complexity index is 650. The van der Waals surface area contributed by atoms with Crippen molar-refractivity contribution in [2.24, 2.45) is 0 Å². The molecular weight excluding hydrogens is 269 g/mol. The molecule has 18 heavy (non-hydrogen) atoms. The highest BCUT2D eigenvalue weighted by Gasteiger charge is 2.10. The van der Waals surface area contributed by atoms with Crippen molar-refractivity contribution in [2.75, 3.05) is 0 Å². The molecule has 1 aromatic carbocycles. The Morgan fingerprint density at radius 1 is 1.11 bits per heavy atom. The molecule has 0 aliphatic heterocycles. The summed E-state index contributed by atoms with van der Waals surface area (Å²) in [7, 11) is 0. The Labute approximate surface area is 116 Å². The molecule has 2 heterocycles. The molecule has 0 unspecified atom stereocenters. The Hall–Kier alpha value is -1.58. The molecule has 0 atom stereocenters. The van der Waals surface area contributed by atoms with Gasteiger partial charge in [0.1, 0.15) is 11.3 Å². The number of benzene rings is 1. The van der Waals surface area contributed by atoms with Crippen molar-refractivity contribution in [3.63, 3.8) is 0 Å². The zero-order valence-corrected chi connectivity index (χ0v) is 11.0. The average molecular weight is 280 g/mol. The van der Waals surface area contributed by atoms with E-state index in [1.54, 1.807) is 12.4 Å². The number of alkyl halides is 1. The van der Waals surface area contributed by atoms with Crippen molar-refractivity contribution in [2.45, 2.75) is 5.88 Å². The number of hydrogen-bond donors (Lipinski definition) is 0. The Morgan fingerprint density at radius 2 is 1.89 bits per heavy atom. The van der Waals surface area contributed by atoms with E-state index in [0.29, 0.717) is 5.88 Å². The first-order valence-electron chi connectivity index (χ1n) is 5.33. The van der Waals surface area contributed by atoms with Gasteiger partial charge in [0.2, 0.25) is 0 Å². The number of para-hydroxylation sites is 1. The Balaban J connectivity index is 0.00000120. The molecule has 92 valence electrons. The summed E-state index contributed by atoms with van der Waals surface area (Å²) in [6, 6.07) is 12.0. The zero-order chi connectivity index (χ0) is 11.7.